The van der Waals surface area contributed by atoms with Crippen molar-refractivity contribution in [3.05, 3.63) is 95.5 Å². The van der Waals surface area contributed by atoms with Crippen LogP contribution in [0.15, 0.2) is 84.9 Å². The lowest BCUT2D eigenvalue weighted by atomic mass is 10.1. The van der Waals surface area contributed by atoms with Gasteiger partial charge in [-0.2, -0.15) is 0 Å². The summed E-state index contributed by atoms with van der Waals surface area (Å²) in [5.41, 5.74) is -0.260. The third-order valence-electron chi connectivity index (χ3n) is 4.93. The predicted molar refractivity (Wildman–Crippen MR) is 125 cm³/mol. The Bertz CT molecular complexity index is 1050. The van der Waals surface area contributed by atoms with Crippen molar-refractivity contribution in [3.8, 4) is 0 Å². The van der Waals surface area contributed by atoms with Crippen LogP contribution in [-0.2, 0) is 18.9 Å². The molecule has 0 fully saturated rings. The van der Waals surface area contributed by atoms with E-state index in [9.17, 15) is 14.2 Å². The Morgan fingerprint density at radius 3 is 1.81 bits per heavy atom. The molecule has 0 bridgehead atoms. The molecule has 1 unspecified atom stereocenters. The molecule has 0 radical (unpaired) electrons. The Morgan fingerprint density at radius 1 is 0.839 bits per heavy atom. The molecule has 0 aromatic heterocycles. The van der Waals surface area contributed by atoms with Gasteiger partial charge < -0.3 is 9.30 Å². The first kappa shape index (κ1) is 23.0. The van der Waals surface area contributed by atoms with Crippen molar-refractivity contribution in [2.45, 2.75) is 32.0 Å². The summed E-state index contributed by atoms with van der Waals surface area (Å²) in [6.45, 7) is 3.35. The number of carbonyl (C=O) groups excluding carboxylic acids is 2. The molecule has 6 heteroatoms. The van der Waals surface area contributed by atoms with Gasteiger partial charge in [0.1, 0.15) is 0 Å². The summed E-state index contributed by atoms with van der Waals surface area (Å²) < 4.78 is 20.0. The highest BCUT2D eigenvalue weighted by atomic mass is 35.5. The summed E-state index contributed by atoms with van der Waals surface area (Å²) in [5.74, 6) is -1.66. The summed E-state index contributed by atoms with van der Waals surface area (Å²) in [6.07, 6.45) is -0.707. The molecule has 31 heavy (non-hydrogen) atoms. The third kappa shape index (κ3) is 5.15. The maximum Gasteiger partial charge on any atom is 0.374 e. The molecular weight excluding hydrogens is 431 g/mol. The Labute approximate surface area is 187 Å². The van der Waals surface area contributed by atoms with Crippen LogP contribution < -0.4 is 10.6 Å². The number of rotatable bonds is 8. The van der Waals surface area contributed by atoms with Crippen molar-refractivity contribution in [2.75, 3.05) is 0 Å². The van der Waals surface area contributed by atoms with E-state index in [4.69, 9.17) is 16.3 Å². The predicted octanol–water partition coefficient (Wildman–Crippen LogP) is 5.31. The van der Waals surface area contributed by atoms with Gasteiger partial charge in [0.05, 0.1) is 11.8 Å². The van der Waals surface area contributed by atoms with E-state index in [1.54, 1.807) is 62.4 Å². The zero-order valence-corrected chi connectivity index (χ0v) is 19.1. The molecule has 1 atom stereocenters. The number of ether oxygens (including phenoxy) is 1. The van der Waals surface area contributed by atoms with Crippen molar-refractivity contribution >= 4 is 41.1 Å². The van der Waals surface area contributed by atoms with Crippen LogP contribution in [0.1, 0.15) is 31.5 Å². The summed E-state index contributed by atoms with van der Waals surface area (Å²) in [7, 11) is -3.42. The normalized spacial score (nSPS) is 12.4. The molecule has 0 saturated heterocycles. The van der Waals surface area contributed by atoms with Crippen LogP contribution in [0.3, 0.4) is 0 Å². The molecule has 0 saturated carbocycles. The smallest absolute Gasteiger partial charge is 0.374 e. The van der Waals surface area contributed by atoms with Gasteiger partial charge in [-0.1, -0.05) is 90.5 Å². The van der Waals surface area contributed by atoms with Crippen LogP contribution >= 0.6 is 18.7 Å². The average Bonchev–Trinajstić information content (AvgIpc) is 2.78. The van der Waals surface area contributed by atoms with E-state index in [0.717, 1.165) is 0 Å². The highest BCUT2D eigenvalue weighted by Crippen LogP contribution is 2.59. The van der Waals surface area contributed by atoms with Gasteiger partial charge in [-0.05, 0) is 25.5 Å². The fourth-order valence-electron chi connectivity index (χ4n) is 3.53. The number of hydrogen-bond donors (Lipinski definition) is 0. The average molecular weight is 455 g/mol. The highest BCUT2D eigenvalue weighted by Gasteiger charge is 2.41. The van der Waals surface area contributed by atoms with Crippen LogP contribution in [0.2, 0.25) is 5.02 Å². The van der Waals surface area contributed by atoms with Crippen LogP contribution in [0.4, 0.5) is 0 Å². The second-order valence-corrected chi connectivity index (χ2v) is 10.8. The molecule has 0 aliphatic carbocycles. The maximum absolute atomic E-state index is 14.9. The Morgan fingerprint density at radius 2 is 1.32 bits per heavy atom. The molecule has 3 aromatic carbocycles. The minimum absolute atomic E-state index is 0.281. The molecule has 160 valence electrons. The quantitative estimate of drug-likeness (QED) is 0.263. The number of benzene rings is 3. The van der Waals surface area contributed by atoms with Crippen molar-refractivity contribution in [3.63, 3.8) is 0 Å². The van der Waals surface area contributed by atoms with E-state index < -0.39 is 30.7 Å². The van der Waals surface area contributed by atoms with Crippen LogP contribution in [-0.4, -0.2) is 17.9 Å². The highest BCUT2D eigenvalue weighted by molar-refractivity contribution is 7.79. The Hall–Kier alpha value is -2.68. The lowest BCUT2D eigenvalue weighted by Gasteiger charge is -2.29. The van der Waals surface area contributed by atoms with Crippen molar-refractivity contribution in [1.82, 2.24) is 0 Å². The zero-order valence-electron chi connectivity index (χ0n) is 17.4. The molecule has 4 nitrogen and oxygen atoms in total. The lowest BCUT2D eigenvalue weighted by Crippen LogP contribution is -2.27. The first-order valence-corrected chi connectivity index (χ1v) is 12.2. The van der Waals surface area contributed by atoms with Gasteiger partial charge in [0, 0.05) is 22.1 Å². The van der Waals surface area contributed by atoms with Gasteiger partial charge >= 0.3 is 5.97 Å². The number of carbonyl (C=O) groups is 2. The van der Waals surface area contributed by atoms with E-state index in [2.05, 4.69) is 0 Å². The maximum atomic E-state index is 14.9. The molecule has 0 heterocycles. The lowest BCUT2D eigenvalue weighted by molar-refractivity contribution is -0.156. The zero-order chi connectivity index (χ0) is 22.4. The first-order chi connectivity index (χ1) is 14.8. The number of hydrogen-bond acceptors (Lipinski definition) is 4. The summed E-state index contributed by atoms with van der Waals surface area (Å²) >= 11 is 6.50. The summed E-state index contributed by atoms with van der Waals surface area (Å²) in [6, 6.07) is 25.1. The fraction of sp³-hybridized carbons (Fsp3) is 0.200. The van der Waals surface area contributed by atoms with E-state index in [0.29, 0.717) is 21.2 Å². The molecule has 0 aliphatic heterocycles. The van der Waals surface area contributed by atoms with Gasteiger partial charge in [-0.15, -0.1) is 0 Å². The number of Topliss-reactive ketones (excluding diaryl/α,β-unsaturated/α-hetero) is 1. The van der Waals surface area contributed by atoms with Crippen molar-refractivity contribution in [2.24, 2.45) is 0 Å². The van der Waals surface area contributed by atoms with Gasteiger partial charge in [0.2, 0.25) is 5.78 Å². The van der Waals surface area contributed by atoms with Crippen molar-refractivity contribution < 1.29 is 18.9 Å². The monoisotopic (exact) mass is 454 g/mol. The third-order valence-corrected chi connectivity index (χ3v) is 8.75. The van der Waals surface area contributed by atoms with Gasteiger partial charge in [0.25, 0.3) is 0 Å². The van der Waals surface area contributed by atoms with Gasteiger partial charge in [-0.25, -0.2) is 4.79 Å². The van der Waals surface area contributed by atoms with Crippen LogP contribution in [0.5, 0.6) is 0 Å². The Balaban J connectivity index is 2.20. The molecule has 0 amide bonds. The van der Waals surface area contributed by atoms with E-state index in [-0.39, 0.29) is 6.42 Å². The van der Waals surface area contributed by atoms with Crippen LogP contribution in [0, 0.1) is 0 Å². The molecule has 0 N–H and O–H groups in total. The van der Waals surface area contributed by atoms with E-state index >= 15 is 0 Å². The molecule has 0 aliphatic rings. The Kier molecular flexibility index (Phi) is 7.48. The summed E-state index contributed by atoms with van der Waals surface area (Å²) in [4.78, 5) is 25.2. The largest absolute Gasteiger partial charge is 0.457 e. The first-order valence-electron chi connectivity index (χ1n) is 10.0. The molecule has 3 aromatic rings. The second-order valence-electron chi connectivity index (χ2n) is 7.45. The molecule has 0 spiro atoms. The minimum Gasteiger partial charge on any atom is -0.457 e. The second kappa shape index (κ2) is 10.1. The number of esters is 1. The molecule has 3 rings (SSSR count). The SMILES string of the molecule is CC(C)OC(=O)C(=O)CC(c1ccccc1Cl)P(=O)(c1ccccc1)c1ccccc1. The van der Waals surface area contributed by atoms with E-state index in [1.165, 1.54) is 0 Å². The summed E-state index contributed by atoms with van der Waals surface area (Å²) in [5, 5.41) is 1.58. The van der Waals surface area contributed by atoms with E-state index in [1.807, 2.05) is 36.4 Å². The minimum atomic E-state index is -3.42. The number of ketones is 1. The topological polar surface area (TPSA) is 60.4 Å². The standard InChI is InChI=1S/C25H24ClO4P/c1-18(2)30-25(28)23(27)17-24(21-15-9-10-16-22(21)26)31(29,19-11-5-3-6-12-19)20-13-7-4-8-14-20/h3-16,18,24H,17H2,1-2H3. The van der Waals surface area contributed by atoms with Crippen LogP contribution in [0.25, 0.3) is 0 Å². The fourth-order valence-corrected chi connectivity index (χ4v) is 7.16. The number of halogens is 1. The van der Waals surface area contributed by atoms with Gasteiger partial charge in [0.15, 0.2) is 7.14 Å². The van der Waals surface area contributed by atoms with Crippen molar-refractivity contribution in [1.29, 1.82) is 0 Å². The molecular formula is C25H24ClO4P. The van der Waals surface area contributed by atoms with Gasteiger partial charge in [-0.3, -0.25) is 4.79 Å².